The van der Waals surface area contributed by atoms with Gasteiger partial charge in [0.25, 0.3) is 0 Å². The van der Waals surface area contributed by atoms with E-state index in [-0.39, 0.29) is 5.95 Å². The van der Waals surface area contributed by atoms with Crippen LogP contribution in [0.4, 0.5) is 17.6 Å². The second-order valence-electron chi connectivity index (χ2n) is 7.24. The van der Waals surface area contributed by atoms with Crippen LogP contribution >= 0.6 is 0 Å². The topological polar surface area (TPSA) is 120 Å². The van der Waals surface area contributed by atoms with E-state index in [0.29, 0.717) is 17.7 Å². The van der Waals surface area contributed by atoms with Crippen LogP contribution in [0.5, 0.6) is 0 Å². The van der Waals surface area contributed by atoms with E-state index in [1.165, 1.54) is 0 Å². The molecule has 4 heterocycles. The molecular formula is C21H17N9. The molecule has 3 N–H and O–H groups in total. The van der Waals surface area contributed by atoms with Crippen LogP contribution < -0.4 is 11.1 Å². The van der Waals surface area contributed by atoms with Crippen molar-refractivity contribution in [2.24, 2.45) is 0 Å². The Labute approximate surface area is 171 Å². The summed E-state index contributed by atoms with van der Waals surface area (Å²) in [7, 11) is 0. The van der Waals surface area contributed by atoms with E-state index in [1.807, 2.05) is 36.4 Å². The average molecular weight is 395 g/mol. The number of nitrogens with one attached hydrogen (secondary N) is 1. The molecule has 0 saturated heterocycles. The summed E-state index contributed by atoms with van der Waals surface area (Å²) in [4.78, 5) is 26.8. The number of fused-ring (bicyclic) bond motifs is 2. The van der Waals surface area contributed by atoms with Gasteiger partial charge < -0.3 is 15.6 Å². The maximum Gasteiger partial charge on any atom is 0.229 e. The van der Waals surface area contributed by atoms with Gasteiger partial charge in [0.05, 0.1) is 17.4 Å². The quantitative estimate of drug-likeness (QED) is 0.474. The minimum Gasteiger partial charge on any atom is -0.368 e. The van der Waals surface area contributed by atoms with E-state index < -0.39 is 0 Å². The zero-order chi connectivity index (χ0) is 20.1. The van der Waals surface area contributed by atoms with Gasteiger partial charge in [-0.05, 0) is 31.0 Å². The van der Waals surface area contributed by atoms with Gasteiger partial charge in [-0.1, -0.05) is 18.2 Å². The molecule has 9 heteroatoms. The third-order valence-corrected chi connectivity index (χ3v) is 5.13. The molecule has 0 atom stereocenters. The highest BCUT2D eigenvalue weighted by atomic mass is 15.2. The molecule has 0 radical (unpaired) electrons. The van der Waals surface area contributed by atoms with Gasteiger partial charge in [0.2, 0.25) is 11.9 Å². The third kappa shape index (κ3) is 2.79. The van der Waals surface area contributed by atoms with Gasteiger partial charge in [-0.2, -0.15) is 4.98 Å². The van der Waals surface area contributed by atoms with E-state index in [2.05, 4.69) is 29.8 Å². The number of rotatable bonds is 4. The number of pyridine rings is 1. The molecule has 0 amide bonds. The van der Waals surface area contributed by atoms with Crippen LogP contribution in [0.2, 0.25) is 0 Å². The molecule has 1 saturated carbocycles. The second-order valence-corrected chi connectivity index (χ2v) is 7.24. The minimum atomic E-state index is 0.221. The Morgan fingerprint density at radius 3 is 2.70 bits per heavy atom. The number of imidazole rings is 1. The van der Waals surface area contributed by atoms with Crippen LogP contribution in [-0.2, 0) is 0 Å². The predicted molar refractivity (Wildman–Crippen MR) is 114 cm³/mol. The summed E-state index contributed by atoms with van der Waals surface area (Å²) in [6.45, 7) is 0. The first-order valence-electron chi connectivity index (χ1n) is 9.71. The van der Waals surface area contributed by atoms with Crippen molar-refractivity contribution in [3.05, 3.63) is 55.0 Å². The molecule has 6 rings (SSSR count). The van der Waals surface area contributed by atoms with E-state index in [4.69, 9.17) is 15.7 Å². The van der Waals surface area contributed by atoms with Gasteiger partial charge in [-0.15, -0.1) is 0 Å². The Bertz CT molecular complexity index is 1400. The normalized spacial score (nSPS) is 13.7. The third-order valence-electron chi connectivity index (χ3n) is 5.13. The van der Waals surface area contributed by atoms with E-state index in [0.717, 1.165) is 46.4 Å². The van der Waals surface area contributed by atoms with Crippen molar-refractivity contribution in [3.8, 4) is 11.5 Å². The van der Waals surface area contributed by atoms with Crippen LogP contribution in [0.25, 0.3) is 33.6 Å². The lowest BCUT2D eigenvalue weighted by Crippen LogP contribution is -2.03. The first-order valence-corrected chi connectivity index (χ1v) is 9.71. The second kappa shape index (κ2) is 6.45. The van der Waals surface area contributed by atoms with Crippen molar-refractivity contribution in [3.63, 3.8) is 0 Å². The Kier molecular flexibility index (Phi) is 3.61. The summed E-state index contributed by atoms with van der Waals surface area (Å²) in [6, 6.07) is 12.1. The number of nitrogens with two attached hydrogens (primary N) is 1. The van der Waals surface area contributed by atoms with Crippen molar-refractivity contribution >= 4 is 39.7 Å². The minimum absolute atomic E-state index is 0.221. The monoisotopic (exact) mass is 395 g/mol. The SMILES string of the molecule is Nc1nccc(-c2nc3cnc(Nc4cccc5cccnc45)nc3n2C2CC2)n1. The molecular weight excluding hydrogens is 378 g/mol. The molecule has 9 nitrogen and oxygen atoms in total. The smallest absolute Gasteiger partial charge is 0.229 e. The standard InChI is InChI=1S/C21H17N9/c22-20-24-10-8-15(27-20)18-26-16-11-25-21(29-19(16)30(18)13-6-7-13)28-14-5-1-3-12-4-2-9-23-17(12)14/h1-5,8-11,13H,6-7H2,(H2,22,24,27)(H,25,28,29). The van der Waals surface area contributed by atoms with Crippen molar-refractivity contribution < 1.29 is 0 Å². The van der Waals surface area contributed by atoms with Crippen LogP contribution in [-0.4, -0.2) is 34.5 Å². The lowest BCUT2D eigenvalue weighted by Gasteiger charge is -2.09. The summed E-state index contributed by atoms with van der Waals surface area (Å²) in [5.41, 5.74) is 9.68. The number of nitrogen functional groups attached to an aromatic ring is 1. The van der Waals surface area contributed by atoms with E-state index in [9.17, 15) is 0 Å². The van der Waals surface area contributed by atoms with Gasteiger partial charge >= 0.3 is 0 Å². The molecule has 30 heavy (non-hydrogen) atoms. The molecule has 1 aromatic carbocycles. The van der Waals surface area contributed by atoms with Gasteiger partial charge in [0.15, 0.2) is 11.5 Å². The lowest BCUT2D eigenvalue weighted by atomic mass is 10.2. The van der Waals surface area contributed by atoms with Gasteiger partial charge in [0.1, 0.15) is 11.2 Å². The first-order chi connectivity index (χ1) is 14.8. The fraction of sp³-hybridized carbons (Fsp3) is 0.143. The molecule has 0 bridgehead atoms. The number of para-hydroxylation sites is 1. The highest BCUT2D eigenvalue weighted by molar-refractivity contribution is 5.91. The summed E-state index contributed by atoms with van der Waals surface area (Å²) in [6.07, 6.45) is 7.31. The predicted octanol–water partition coefficient (Wildman–Crippen LogP) is 3.49. The molecule has 0 spiro atoms. The lowest BCUT2D eigenvalue weighted by molar-refractivity contribution is 0.763. The molecule has 5 aromatic rings. The highest BCUT2D eigenvalue weighted by Crippen LogP contribution is 2.40. The molecule has 146 valence electrons. The van der Waals surface area contributed by atoms with Crippen molar-refractivity contribution in [1.82, 2.24) is 34.5 Å². The van der Waals surface area contributed by atoms with Crippen LogP contribution in [0.3, 0.4) is 0 Å². The Hall–Kier alpha value is -4.14. The summed E-state index contributed by atoms with van der Waals surface area (Å²) < 4.78 is 2.13. The van der Waals surface area contributed by atoms with Crippen molar-refractivity contribution in [1.29, 1.82) is 0 Å². The zero-order valence-electron chi connectivity index (χ0n) is 15.9. The number of hydrogen-bond donors (Lipinski definition) is 2. The summed E-state index contributed by atoms with van der Waals surface area (Å²) in [5.74, 6) is 1.45. The molecule has 1 aliphatic rings. The van der Waals surface area contributed by atoms with Gasteiger partial charge in [0, 0.05) is 23.8 Å². The van der Waals surface area contributed by atoms with Crippen LogP contribution in [0.15, 0.2) is 55.0 Å². The van der Waals surface area contributed by atoms with E-state index in [1.54, 1.807) is 18.6 Å². The number of benzene rings is 1. The Balaban J connectivity index is 1.47. The Morgan fingerprint density at radius 2 is 1.83 bits per heavy atom. The number of aromatic nitrogens is 7. The first kappa shape index (κ1) is 16.8. The maximum atomic E-state index is 5.78. The molecule has 1 fully saturated rings. The van der Waals surface area contributed by atoms with Gasteiger partial charge in [-0.25, -0.2) is 19.9 Å². The number of anilines is 3. The molecule has 4 aromatic heterocycles. The number of hydrogen-bond acceptors (Lipinski definition) is 8. The van der Waals surface area contributed by atoms with E-state index >= 15 is 0 Å². The molecule has 1 aliphatic carbocycles. The average Bonchev–Trinajstić information content (AvgIpc) is 3.54. The fourth-order valence-corrected chi connectivity index (χ4v) is 3.63. The number of nitrogens with zero attached hydrogens (tertiary/aromatic N) is 7. The Morgan fingerprint density at radius 1 is 0.933 bits per heavy atom. The van der Waals surface area contributed by atoms with Crippen molar-refractivity contribution in [2.75, 3.05) is 11.1 Å². The summed E-state index contributed by atoms with van der Waals surface area (Å²) in [5, 5.41) is 4.36. The zero-order valence-corrected chi connectivity index (χ0v) is 15.9. The van der Waals surface area contributed by atoms with Gasteiger partial charge in [-0.3, -0.25) is 4.98 Å². The van der Waals surface area contributed by atoms with Crippen LogP contribution in [0.1, 0.15) is 18.9 Å². The summed E-state index contributed by atoms with van der Waals surface area (Å²) >= 11 is 0. The van der Waals surface area contributed by atoms with Crippen LogP contribution in [0, 0.1) is 0 Å². The maximum absolute atomic E-state index is 5.78. The molecule has 0 unspecified atom stereocenters. The fourth-order valence-electron chi connectivity index (χ4n) is 3.63. The van der Waals surface area contributed by atoms with Crippen molar-refractivity contribution in [2.45, 2.75) is 18.9 Å². The highest BCUT2D eigenvalue weighted by Gasteiger charge is 2.30. The molecule has 0 aliphatic heterocycles. The largest absolute Gasteiger partial charge is 0.368 e.